The summed E-state index contributed by atoms with van der Waals surface area (Å²) < 4.78 is 1.64. The Bertz CT molecular complexity index is 465. The molecule has 0 spiro atoms. The van der Waals surface area contributed by atoms with Crippen LogP contribution in [-0.2, 0) is 7.05 Å². The first-order valence-corrected chi connectivity index (χ1v) is 4.40. The summed E-state index contributed by atoms with van der Waals surface area (Å²) in [4.78, 5) is 4.09. The molecule has 2 aromatic heterocycles. The van der Waals surface area contributed by atoms with Crippen molar-refractivity contribution in [2.45, 2.75) is 6.92 Å². The topological polar surface area (TPSA) is 56.5 Å². The highest BCUT2D eigenvalue weighted by atomic mass is 35.5. The predicted molar refractivity (Wildman–Crippen MR) is 51.8 cm³/mol. The van der Waals surface area contributed by atoms with Crippen molar-refractivity contribution in [3.63, 3.8) is 0 Å². The van der Waals surface area contributed by atoms with Gasteiger partial charge in [-0.05, 0) is 13.0 Å². The minimum atomic E-state index is 0.340. The first kappa shape index (κ1) is 9.08. The molecule has 6 heteroatoms. The summed E-state index contributed by atoms with van der Waals surface area (Å²) in [5.41, 5.74) is 1.55. The van der Waals surface area contributed by atoms with Gasteiger partial charge in [0.2, 0.25) is 0 Å². The van der Waals surface area contributed by atoms with Crippen molar-refractivity contribution in [3.8, 4) is 11.4 Å². The summed E-state index contributed by atoms with van der Waals surface area (Å²) in [5, 5.41) is 12.0. The van der Waals surface area contributed by atoms with Crippen LogP contribution in [0.4, 0.5) is 0 Å². The maximum Gasteiger partial charge on any atom is 0.162 e. The Labute approximate surface area is 85.8 Å². The third-order valence-corrected chi connectivity index (χ3v) is 2.10. The molecule has 0 unspecified atom stereocenters. The van der Waals surface area contributed by atoms with E-state index in [9.17, 15) is 0 Å². The highest BCUT2D eigenvalue weighted by Crippen LogP contribution is 2.23. The van der Waals surface area contributed by atoms with E-state index in [0.29, 0.717) is 11.0 Å². The summed E-state index contributed by atoms with van der Waals surface area (Å²) in [5.74, 6) is 0.688. The average Bonchev–Trinajstić information content (AvgIpc) is 2.56. The highest BCUT2D eigenvalue weighted by molar-refractivity contribution is 6.31. The Hall–Kier alpha value is -1.49. The van der Waals surface area contributed by atoms with E-state index >= 15 is 0 Å². The molecular formula is C8H8ClN5. The molecule has 0 aliphatic heterocycles. The fourth-order valence-electron chi connectivity index (χ4n) is 1.17. The average molecular weight is 210 g/mol. The van der Waals surface area contributed by atoms with Gasteiger partial charge in [-0.1, -0.05) is 11.6 Å². The van der Waals surface area contributed by atoms with E-state index in [1.54, 1.807) is 11.7 Å². The molecule has 0 atom stereocenters. The second kappa shape index (κ2) is 3.34. The van der Waals surface area contributed by atoms with Gasteiger partial charge in [-0.3, -0.25) is 0 Å². The Morgan fingerprint density at radius 2 is 2.14 bits per heavy atom. The van der Waals surface area contributed by atoms with Crippen LogP contribution in [0.3, 0.4) is 0 Å². The molecule has 72 valence electrons. The van der Waals surface area contributed by atoms with Gasteiger partial charge in [-0.15, -0.1) is 5.10 Å². The van der Waals surface area contributed by atoms with Crippen molar-refractivity contribution in [1.29, 1.82) is 0 Å². The minimum absolute atomic E-state index is 0.340. The normalized spacial score (nSPS) is 10.5. The third-order valence-electron chi connectivity index (χ3n) is 1.82. The maximum absolute atomic E-state index is 5.90. The molecule has 0 radical (unpaired) electrons. The van der Waals surface area contributed by atoms with Gasteiger partial charge in [0, 0.05) is 7.05 Å². The van der Waals surface area contributed by atoms with Crippen LogP contribution in [0.2, 0.25) is 5.15 Å². The lowest BCUT2D eigenvalue weighted by molar-refractivity contribution is 0.773. The van der Waals surface area contributed by atoms with Gasteiger partial charge in [0.25, 0.3) is 0 Å². The van der Waals surface area contributed by atoms with Crippen LogP contribution in [-0.4, -0.2) is 25.0 Å². The van der Waals surface area contributed by atoms with Crippen LogP contribution in [0.1, 0.15) is 5.69 Å². The monoisotopic (exact) mass is 209 g/mol. The summed E-state index contributed by atoms with van der Waals surface area (Å²) in [6.45, 7) is 1.85. The summed E-state index contributed by atoms with van der Waals surface area (Å²) in [6, 6.07) is 1.83. The molecule has 2 rings (SSSR count). The first-order chi connectivity index (χ1) is 6.68. The van der Waals surface area contributed by atoms with E-state index in [1.165, 1.54) is 6.33 Å². The molecule has 0 saturated heterocycles. The van der Waals surface area contributed by atoms with Crippen molar-refractivity contribution < 1.29 is 0 Å². The van der Waals surface area contributed by atoms with Gasteiger partial charge in [-0.2, -0.15) is 10.2 Å². The van der Waals surface area contributed by atoms with Gasteiger partial charge in [-0.25, -0.2) is 9.67 Å². The zero-order valence-electron chi connectivity index (χ0n) is 7.77. The van der Waals surface area contributed by atoms with Gasteiger partial charge < -0.3 is 0 Å². The largest absolute Gasteiger partial charge is 0.249 e. The number of hydrogen-bond donors (Lipinski definition) is 0. The van der Waals surface area contributed by atoms with E-state index in [2.05, 4.69) is 20.3 Å². The highest BCUT2D eigenvalue weighted by Gasteiger charge is 2.10. The van der Waals surface area contributed by atoms with Crippen LogP contribution in [0, 0.1) is 6.92 Å². The van der Waals surface area contributed by atoms with E-state index in [4.69, 9.17) is 11.6 Å². The molecule has 0 bridgehead atoms. The minimum Gasteiger partial charge on any atom is -0.249 e. The van der Waals surface area contributed by atoms with Crippen LogP contribution in [0.15, 0.2) is 12.4 Å². The first-order valence-electron chi connectivity index (χ1n) is 4.02. The number of hydrogen-bond acceptors (Lipinski definition) is 4. The van der Waals surface area contributed by atoms with E-state index in [1.807, 2.05) is 13.0 Å². The molecule has 2 aromatic rings. The Kier molecular flexibility index (Phi) is 2.17. The fourth-order valence-corrected chi connectivity index (χ4v) is 1.35. The molecule has 0 amide bonds. The fraction of sp³-hybridized carbons (Fsp3) is 0.250. The molecular weight excluding hydrogens is 202 g/mol. The number of halogens is 1. The molecule has 0 N–H and O–H groups in total. The second-order valence-electron chi connectivity index (χ2n) is 2.90. The molecule has 5 nitrogen and oxygen atoms in total. The van der Waals surface area contributed by atoms with E-state index in [0.717, 1.165) is 11.3 Å². The van der Waals surface area contributed by atoms with E-state index < -0.39 is 0 Å². The lowest BCUT2D eigenvalue weighted by Gasteiger charge is -2.02. The van der Waals surface area contributed by atoms with Gasteiger partial charge >= 0.3 is 0 Å². The van der Waals surface area contributed by atoms with Crippen molar-refractivity contribution in [3.05, 3.63) is 23.2 Å². The Balaban J connectivity index is 2.62. The molecule has 0 fully saturated rings. The molecule has 0 aliphatic rings. The second-order valence-corrected chi connectivity index (χ2v) is 3.26. The molecule has 0 aromatic carbocycles. The SMILES string of the molecule is Cc1cc(-c2ncnn2C)c(Cl)nn1. The maximum atomic E-state index is 5.90. The summed E-state index contributed by atoms with van der Waals surface area (Å²) >= 11 is 5.90. The van der Waals surface area contributed by atoms with Gasteiger partial charge in [0.1, 0.15) is 6.33 Å². The quantitative estimate of drug-likeness (QED) is 0.709. The Morgan fingerprint density at radius 3 is 2.79 bits per heavy atom. The van der Waals surface area contributed by atoms with Crippen molar-refractivity contribution in [2.24, 2.45) is 7.05 Å². The van der Waals surface area contributed by atoms with Crippen molar-refractivity contribution in [2.75, 3.05) is 0 Å². The molecule has 0 saturated carbocycles. The lowest BCUT2D eigenvalue weighted by atomic mass is 10.2. The van der Waals surface area contributed by atoms with Crippen LogP contribution in [0.5, 0.6) is 0 Å². The van der Waals surface area contributed by atoms with Crippen molar-refractivity contribution in [1.82, 2.24) is 25.0 Å². The predicted octanol–water partition coefficient (Wildman–Crippen LogP) is 1.23. The van der Waals surface area contributed by atoms with Crippen LogP contribution in [0.25, 0.3) is 11.4 Å². The summed E-state index contributed by atoms with van der Waals surface area (Å²) in [7, 11) is 1.80. The van der Waals surface area contributed by atoms with E-state index in [-0.39, 0.29) is 0 Å². The van der Waals surface area contributed by atoms with Gasteiger partial charge in [0.05, 0.1) is 11.3 Å². The molecule has 14 heavy (non-hydrogen) atoms. The number of rotatable bonds is 1. The standard InChI is InChI=1S/C8H8ClN5/c1-5-3-6(7(9)13-12-5)8-10-4-11-14(8)2/h3-4H,1-2H3. The smallest absolute Gasteiger partial charge is 0.162 e. The third kappa shape index (κ3) is 1.46. The molecule has 2 heterocycles. The summed E-state index contributed by atoms with van der Waals surface area (Å²) in [6.07, 6.45) is 1.47. The lowest BCUT2D eigenvalue weighted by Crippen LogP contribution is -1.98. The number of aryl methyl sites for hydroxylation is 2. The van der Waals surface area contributed by atoms with Crippen LogP contribution >= 0.6 is 11.6 Å². The van der Waals surface area contributed by atoms with Gasteiger partial charge in [0.15, 0.2) is 11.0 Å². The zero-order chi connectivity index (χ0) is 10.1. The van der Waals surface area contributed by atoms with Crippen molar-refractivity contribution >= 4 is 11.6 Å². The molecule has 0 aliphatic carbocycles. The zero-order valence-corrected chi connectivity index (χ0v) is 8.52. The number of aromatic nitrogens is 5. The number of nitrogens with zero attached hydrogens (tertiary/aromatic N) is 5. The Morgan fingerprint density at radius 1 is 1.36 bits per heavy atom. The van der Waals surface area contributed by atoms with Crippen LogP contribution < -0.4 is 0 Å².